The fourth-order valence-corrected chi connectivity index (χ4v) is 15.4. The number of hydrogen-bond donors (Lipinski definition) is 3. The highest BCUT2D eigenvalue weighted by atomic mass is 31.2. The molecule has 0 radical (unpaired) electrons. The molecule has 0 aliphatic rings. The van der Waals surface area contributed by atoms with Gasteiger partial charge < -0.3 is 33.8 Å². The second kappa shape index (κ2) is 78.9. The Morgan fingerprint density at radius 3 is 0.704 bits per heavy atom. The summed E-state index contributed by atoms with van der Waals surface area (Å²) in [4.78, 5) is 73.3. The maximum Gasteiger partial charge on any atom is 0.472 e. The number of phosphoric ester groups is 2. The first-order valence-electron chi connectivity index (χ1n) is 45.9. The molecular weight excluding hydrogens is 1400 g/mol. The molecule has 0 amide bonds. The van der Waals surface area contributed by atoms with Crippen molar-refractivity contribution >= 4 is 39.5 Å². The molecule has 0 saturated heterocycles. The molecule has 0 rings (SSSR count). The molecule has 0 aliphatic heterocycles. The van der Waals surface area contributed by atoms with E-state index in [-0.39, 0.29) is 25.7 Å². The number of phosphoric acid groups is 2. The van der Waals surface area contributed by atoms with Gasteiger partial charge in [-0.2, -0.15) is 0 Å². The molecule has 0 aromatic carbocycles. The second-order valence-electron chi connectivity index (χ2n) is 33.2. The van der Waals surface area contributed by atoms with Crippen molar-refractivity contribution in [3.05, 3.63) is 0 Å². The molecule has 19 heteroatoms. The van der Waals surface area contributed by atoms with Gasteiger partial charge in [-0.05, 0) is 43.4 Å². The van der Waals surface area contributed by atoms with Gasteiger partial charge in [0.05, 0.1) is 26.4 Å². The van der Waals surface area contributed by atoms with Crippen LogP contribution < -0.4 is 0 Å². The third-order valence-electron chi connectivity index (χ3n) is 21.2. The fourth-order valence-electron chi connectivity index (χ4n) is 13.9. The van der Waals surface area contributed by atoms with E-state index < -0.39 is 97.5 Å². The predicted octanol–water partition coefficient (Wildman–Crippen LogP) is 27.3. The van der Waals surface area contributed by atoms with Crippen LogP contribution in [0.2, 0.25) is 0 Å². The highest BCUT2D eigenvalue weighted by Crippen LogP contribution is 2.45. The zero-order valence-electron chi connectivity index (χ0n) is 71.3. The summed E-state index contributed by atoms with van der Waals surface area (Å²) in [5, 5.41) is 10.7. The lowest BCUT2D eigenvalue weighted by atomic mass is 10.00. The van der Waals surface area contributed by atoms with Crippen LogP contribution in [0, 0.1) is 17.8 Å². The summed E-state index contributed by atoms with van der Waals surface area (Å²) < 4.78 is 69.0. The minimum Gasteiger partial charge on any atom is -0.462 e. The maximum atomic E-state index is 13.2. The molecule has 0 saturated carbocycles. The van der Waals surface area contributed by atoms with Gasteiger partial charge in [-0.25, -0.2) is 9.13 Å². The van der Waals surface area contributed by atoms with Crippen LogP contribution in [0.25, 0.3) is 0 Å². The van der Waals surface area contributed by atoms with Gasteiger partial charge in [0.15, 0.2) is 12.2 Å². The Morgan fingerprint density at radius 1 is 0.269 bits per heavy atom. The Morgan fingerprint density at radius 2 is 0.472 bits per heavy atom. The van der Waals surface area contributed by atoms with Crippen LogP contribution in [0.15, 0.2) is 0 Å². The van der Waals surface area contributed by atoms with Gasteiger partial charge >= 0.3 is 39.5 Å². The van der Waals surface area contributed by atoms with E-state index in [1.54, 1.807) is 0 Å². The molecule has 108 heavy (non-hydrogen) atoms. The summed E-state index contributed by atoms with van der Waals surface area (Å²) in [6.07, 6.45) is 71.0. The number of unbranched alkanes of at least 4 members (excludes halogenated alkanes) is 54. The monoisotopic (exact) mass is 1580 g/mol. The molecule has 0 aliphatic carbocycles. The van der Waals surface area contributed by atoms with Crippen molar-refractivity contribution in [1.29, 1.82) is 0 Å². The number of carbonyl (C=O) groups excluding carboxylic acids is 4. The van der Waals surface area contributed by atoms with Crippen LogP contribution in [0.3, 0.4) is 0 Å². The lowest BCUT2D eigenvalue weighted by Crippen LogP contribution is -2.30. The Hall–Kier alpha value is -1.94. The van der Waals surface area contributed by atoms with Gasteiger partial charge in [0.2, 0.25) is 0 Å². The zero-order chi connectivity index (χ0) is 79.3. The quantitative estimate of drug-likeness (QED) is 0.0222. The molecule has 0 aromatic rings. The van der Waals surface area contributed by atoms with E-state index in [9.17, 15) is 43.2 Å². The molecule has 3 N–H and O–H groups in total. The first-order chi connectivity index (χ1) is 52.3. The number of rotatable bonds is 87. The minimum atomic E-state index is -4.97. The van der Waals surface area contributed by atoms with Gasteiger partial charge in [0, 0.05) is 25.7 Å². The van der Waals surface area contributed by atoms with E-state index in [1.165, 1.54) is 276 Å². The van der Waals surface area contributed by atoms with Crippen molar-refractivity contribution in [2.45, 2.75) is 491 Å². The van der Waals surface area contributed by atoms with Gasteiger partial charge in [0.1, 0.15) is 19.3 Å². The maximum absolute atomic E-state index is 13.2. The molecule has 0 spiro atoms. The number of aliphatic hydroxyl groups excluding tert-OH is 1. The average Bonchev–Trinajstić information content (AvgIpc) is 0.899. The highest BCUT2D eigenvalue weighted by molar-refractivity contribution is 7.47. The molecule has 6 atom stereocenters. The summed E-state index contributed by atoms with van der Waals surface area (Å²) in [5.41, 5.74) is 0. The predicted molar refractivity (Wildman–Crippen MR) is 446 cm³/mol. The number of ether oxygens (including phenoxy) is 4. The molecule has 0 bridgehead atoms. The topological polar surface area (TPSA) is 237 Å². The van der Waals surface area contributed by atoms with Gasteiger partial charge in [-0.1, -0.05) is 421 Å². The molecule has 17 nitrogen and oxygen atoms in total. The molecule has 3 unspecified atom stereocenters. The Labute approximate surface area is 664 Å². The third-order valence-corrected chi connectivity index (χ3v) is 23.1. The fraction of sp³-hybridized carbons (Fsp3) is 0.955. The van der Waals surface area contributed by atoms with Gasteiger partial charge in [0.25, 0.3) is 0 Å². The van der Waals surface area contributed by atoms with Crippen LogP contribution in [-0.4, -0.2) is 96.7 Å². The van der Waals surface area contributed by atoms with E-state index in [4.69, 9.17) is 37.0 Å². The van der Waals surface area contributed by atoms with Crippen molar-refractivity contribution in [2.24, 2.45) is 17.8 Å². The highest BCUT2D eigenvalue weighted by Gasteiger charge is 2.31. The number of hydrogen-bond acceptors (Lipinski definition) is 15. The lowest BCUT2D eigenvalue weighted by Gasteiger charge is -2.21. The summed E-state index contributed by atoms with van der Waals surface area (Å²) in [6.45, 7) is 12.0. The standard InChI is InChI=1S/C89H174O17P2/c1-8-10-11-12-13-14-15-16-17-18-19-20-21-22-23-28-34-39-44-49-58-65-72-88(93)105-84(76-99-86(91)70-63-56-48-43-38-33-27-25-24-26-31-36-41-46-53-60-67-80(3)4)78-103-107(95,96)101-74-83(90)75-102-108(97,98)104-79-85(77-100-87(92)71-64-57-52-51-55-62-69-82(7)9-2)106-89(94)73-66-59-50-45-40-35-30-29-32-37-42-47-54-61-68-81(5)6/h80-85,90H,8-79H2,1-7H3,(H,95,96)(H,97,98)/t82?,83-,84-,85-/m1/s1. The minimum absolute atomic E-state index is 0.107. The number of aliphatic hydroxyl groups is 1. The number of carbonyl (C=O) groups is 4. The van der Waals surface area contributed by atoms with Crippen molar-refractivity contribution in [3.8, 4) is 0 Å². The normalized spacial score (nSPS) is 14.1. The first-order valence-corrected chi connectivity index (χ1v) is 48.9. The second-order valence-corrected chi connectivity index (χ2v) is 36.1. The van der Waals surface area contributed by atoms with Crippen LogP contribution in [0.4, 0.5) is 0 Å². The largest absolute Gasteiger partial charge is 0.472 e. The average molecular weight is 1580 g/mol. The van der Waals surface area contributed by atoms with Gasteiger partial charge in [-0.15, -0.1) is 0 Å². The lowest BCUT2D eigenvalue weighted by molar-refractivity contribution is -0.161. The first kappa shape index (κ1) is 106. The van der Waals surface area contributed by atoms with E-state index in [0.29, 0.717) is 25.7 Å². The van der Waals surface area contributed by atoms with E-state index in [1.807, 2.05) is 0 Å². The van der Waals surface area contributed by atoms with Crippen LogP contribution >= 0.6 is 15.6 Å². The van der Waals surface area contributed by atoms with E-state index >= 15 is 0 Å². The van der Waals surface area contributed by atoms with Crippen molar-refractivity contribution in [2.75, 3.05) is 39.6 Å². The smallest absolute Gasteiger partial charge is 0.462 e. The molecular formula is C89H174O17P2. The van der Waals surface area contributed by atoms with Gasteiger partial charge in [-0.3, -0.25) is 37.3 Å². The SMILES string of the molecule is CCCCCCCCCCCCCCCCCCCCCCCCC(=O)O[C@H](COC(=O)CCCCCCCCCCCCCCCCCCC(C)C)COP(=O)(O)OC[C@@H](O)COP(=O)(O)OC[C@@H](COC(=O)CCCCCCCCC(C)CC)OC(=O)CCCCCCCCCCCCCCCCC(C)C. The van der Waals surface area contributed by atoms with E-state index in [2.05, 4.69) is 48.5 Å². The summed E-state index contributed by atoms with van der Waals surface area (Å²) in [6, 6.07) is 0. The molecule has 0 aromatic heterocycles. The summed E-state index contributed by atoms with van der Waals surface area (Å²) in [5.74, 6) is 0.235. The molecule has 0 heterocycles. The summed E-state index contributed by atoms with van der Waals surface area (Å²) in [7, 11) is -9.93. The van der Waals surface area contributed by atoms with Crippen LogP contribution in [0.5, 0.6) is 0 Å². The van der Waals surface area contributed by atoms with Crippen molar-refractivity contribution in [1.82, 2.24) is 0 Å². The van der Waals surface area contributed by atoms with Crippen molar-refractivity contribution < 1.29 is 80.2 Å². The van der Waals surface area contributed by atoms with Crippen molar-refractivity contribution in [3.63, 3.8) is 0 Å². The summed E-state index contributed by atoms with van der Waals surface area (Å²) >= 11 is 0. The van der Waals surface area contributed by atoms with Crippen LogP contribution in [-0.2, 0) is 65.4 Å². The molecule has 642 valence electrons. The Balaban J connectivity index is 5.22. The number of esters is 4. The van der Waals surface area contributed by atoms with E-state index in [0.717, 1.165) is 114 Å². The molecule has 0 fully saturated rings. The Kier molecular flexibility index (Phi) is 77.5. The third kappa shape index (κ3) is 80.7. The Bertz CT molecular complexity index is 2080. The zero-order valence-corrected chi connectivity index (χ0v) is 73.1. The van der Waals surface area contributed by atoms with Crippen LogP contribution in [0.1, 0.15) is 472 Å².